The average molecular weight is 278 g/mol. The van der Waals surface area contributed by atoms with Gasteiger partial charge in [-0.1, -0.05) is 0 Å². The van der Waals surface area contributed by atoms with E-state index in [1.165, 1.54) is 12.1 Å². The van der Waals surface area contributed by atoms with Gasteiger partial charge in [0.15, 0.2) is 5.75 Å². The molecule has 0 bridgehead atoms. The van der Waals surface area contributed by atoms with E-state index < -0.39 is 5.82 Å². The van der Waals surface area contributed by atoms with Crippen LogP contribution in [0.2, 0.25) is 0 Å². The lowest BCUT2D eigenvalue weighted by atomic mass is 10.3. The number of halogens is 2. The highest BCUT2D eigenvalue weighted by Crippen LogP contribution is 2.32. The molecule has 0 radical (unpaired) electrons. The van der Waals surface area contributed by atoms with Gasteiger partial charge >= 0.3 is 0 Å². The zero-order chi connectivity index (χ0) is 11.3. The minimum absolute atomic E-state index is 0.276. The van der Waals surface area contributed by atoms with Crippen molar-refractivity contribution in [3.05, 3.63) is 22.4 Å². The third kappa shape index (κ3) is 3.68. The predicted molar refractivity (Wildman–Crippen MR) is 60.5 cm³/mol. The van der Waals surface area contributed by atoms with Crippen molar-refractivity contribution in [2.45, 2.75) is 6.92 Å². The molecule has 5 heteroatoms. The van der Waals surface area contributed by atoms with Crippen LogP contribution in [0.5, 0.6) is 5.75 Å². The molecule has 15 heavy (non-hydrogen) atoms. The summed E-state index contributed by atoms with van der Waals surface area (Å²) in [7, 11) is 0. The molecule has 2 N–H and O–H groups in total. The van der Waals surface area contributed by atoms with Gasteiger partial charge in [0.2, 0.25) is 0 Å². The van der Waals surface area contributed by atoms with Gasteiger partial charge in [-0.2, -0.15) is 0 Å². The molecule has 1 aromatic rings. The Balaban J connectivity index is 2.60. The molecule has 1 aromatic carbocycles. The van der Waals surface area contributed by atoms with E-state index in [9.17, 15) is 4.39 Å². The van der Waals surface area contributed by atoms with E-state index in [1.807, 2.05) is 6.92 Å². The van der Waals surface area contributed by atoms with Crippen LogP contribution in [0.25, 0.3) is 0 Å². The zero-order valence-electron chi connectivity index (χ0n) is 8.43. The molecule has 0 aliphatic rings. The maximum Gasteiger partial charge on any atom is 0.156 e. The van der Waals surface area contributed by atoms with Crippen molar-refractivity contribution in [1.82, 2.24) is 0 Å². The van der Waals surface area contributed by atoms with Crippen molar-refractivity contribution in [1.29, 1.82) is 0 Å². The van der Waals surface area contributed by atoms with Gasteiger partial charge in [0.05, 0.1) is 16.8 Å². The molecule has 0 unspecified atom stereocenters. The number of anilines is 1. The van der Waals surface area contributed by atoms with Gasteiger partial charge < -0.3 is 15.2 Å². The summed E-state index contributed by atoms with van der Waals surface area (Å²) >= 11 is 3.18. The van der Waals surface area contributed by atoms with Crippen LogP contribution < -0.4 is 10.5 Å². The largest absolute Gasteiger partial charge is 0.488 e. The number of ether oxygens (including phenoxy) is 2. The smallest absolute Gasteiger partial charge is 0.156 e. The van der Waals surface area contributed by atoms with E-state index in [0.29, 0.717) is 30.0 Å². The van der Waals surface area contributed by atoms with E-state index in [4.69, 9.17) is 15.2 Å². The number of rotatable bonds is 5. The Labute approximate surface area is 96.5 Å². The Morgan fingerprint density at radius 3 is 2.73 bits per heavy atom. The number of nitrogen functional groups attached to an aromatic ring is 1. The number of benzene rings is 1. The third-order valence-electron chi connectivity index (χ3n) is 1.72. The summed E-state index contributed by atoms with van der Waals surface area (Å²) in [6, 6.07) is 2.53. The van der Waals surface area contributed by atoms with Crippen molar-refractivity contribution in [3.63, 3.8) is 0 Å². The average Bonchev–Trinajstić information content (AvgIpc) is 2.15. The molecular weight excluding hydrogens is 265 g/mol. The van der Waals surface area contributed by atoms with Crippen LogP contribution >= 0.6 is 15.9 Å². The lowest BCUT2D eigenvalue weighted by Gasteiger charge is -2.10. The van der Waals surface area contributed by atoms with Gasteiger partial charge in [-0.25, -0.2) is 4.39 Å². The molecule has 0 spiro atoms. The van der Waals surface area contributed by atoms with Crippen molar-refractivity contribution >= 4 is 21.6 Å². The minimum atomic E-state index is -0.392. The molecule has 0 aliphatic heterocycles. The topological polar surface area (TPSA) is 44.5 Å². The fraction of sp³-hybridized carbons (Fsp3) is 0.400. The first kappa shape index (κ1) is 12.3. The van der Waals surface area contributed by atoms with Crippen LogP contribution in [-0.2, 0) is 4.74 Å². The van der Waals surface area contributed by atoms with Crippen LogP contribution in [0, 0.1) is 5.82 Å². The lowest BCUT2D eigenvalue weighted by molar-refractivity contribution is 0.110. The first-order valence-electron chi connectivity index (χ1n) is 4.60. The summed E-state index contributed by atoms with van der Waals surface area (Å²) in [5.74, 6) is 0.0626. The van der Waals surface area contributed by atoms with E-state index in [1.54, 1.807) is 0 Å². The third-order valence-corrected chi connectivity index (χ3v) is 2.30. The molecule has 0 heterocycles. The monoisotopic (exact) mass is 277 g/mol. The second-order valence-electron chi connectivity index (χ2n) is 2.85. The highest BCUT2D eigenvalue weighted by Gasteiger charge is 2.08. The van der Waals surface area contributed by atoms with E-state index in [-0.39, 0.29) is 5.69 Å². The molecule has 1 rings (SSSR count). The summed E-state index contributed by atoms with van der Waals surface area (Å²) in [5.41, 5.74) is 5.88. The van der Waals surface area contributed by atoms with Crippen LogP contribution in [-0.4, -0.2) is 19.8 Å². The SMILES string of the molecule is CCOCCOc1c(N)cc(F)cc1Br. The Morgan fingerprint density at radius 1 is 1.40 bits per heavy atom. The van der Waals surface area contributed by atoms with Crippen molar-refractivity contribution in [2.75, 3.05) is 25.6 Å². The summed E-state index contributed by atoms with van der Waals surface area (Å²) < 4.78 is 23.8. The maximum absolute atomic E-state index is 12.9. The second kappa shape index (κ2) is 5.92. The Morgan fingerprint density at radius 2 is 2.13 bits per heavy atom. The van der Waals surface area contributed by atoms with E-state index in [2.05, 4.69) is 15.9 Å². The van der Waals surface area contributed by atoms with Crippen LogP contribution in [0.4, 0.5) is 10.1 Å². The van der Waals surface area contributed by atoms with Gasteiger partial charge in [-0.3, -0.25) is 0 Å². The molecular formula is C10H13BrFNO2. The summed E-state index contributed by atoms with van der Waals surface area (Å²) in [6.07, 6.45) is 0. The number of nitrogens with two attached hydrogens (primary N) is 1. The molecule has 0 amide bonds. The first-order valence-corrected chi connectivity index (χ1v) is 5.39. The van der Waals surface area contributed by atoms with Crippen molar-refractivity contribution < 1.29 is 13.9 Å². The fourth-order valence-electron chi connectivity index (χ4n) is 1.08. The molecule has 0 fully saturated rings. The second-order valence-corrected chi connectivity index (χ2v) is 3.71. The van der Waals surface area contributed by atoms with Crippen LogP contribution in [0.1, 0.15) is 6.92 Å². The molecule has 0 aromatic heterocycles. The molecule has 84 valence electrons. The van der Waals surface area contributed by atoms with Crippen LogP contribution in [0.15, 0.2) is 16.6 Å². The van der Waals surface area contributed by atoms with Gasteiger partial charge in [0.1, 0.15) is 12.4 Å². The number of hydrogen-bond donors (Lipinski definition) is 1. The van der Waals surface area contributed by atoms with E-state index >= 15 is 0 Å². The normalized spacial score (nSPS) is 10.3. The van der Waals surface area contributed by atoms with E-state index in [0.717, 1.165) is 0 Å². The quantitative estimate of drug-likeness (QED) is 0.665. The molecule has 0 saturated carbocycles. The fourth-order valence-corrected chi connectivity index (χ4v) is 1.64. The van der Waals surface area contributed by atoms with Crippen LogP contribution in [0.3, 0.4) is 0 Å². The molecule has 0 saturated heterocycles. The van der Waals surface area contributed by atoms with Gasteiger partial charge in [-0.15, -0.1) is 0 Å². The van der Waals surface area contributed by atoms with Gasteiger partial charge in [0.25, 0.3) is 0 Å². The van der Waals surface area contributed by atoms with Crippen molar-refractivity contribution in [2.24, 2.45) is 0 Å². The van der Waals surface area contributed by atoms with Gasteiger partial charge in [-0.05, 0) is 28.9 Å². The molecule has 0 atom stereocenters. The minimum Gasteiger partial charge on any atom is -0.488 e. The maximum atomic E-state index is 12.9. The Bertz CT molecular complexity index is 310. The van der Waals surface area contributed by atoms with Crippen molar-refractivity contribution in [3.8, 4) is 5.75 Å². The first-order chi connectivity index (χ1) is 7.15. The molecule has 0 aliphatic carbocycles. The standard InChI is InChI=1S/C10H13BrFNO2/c1-2-14-3-4-15-10-8(11)5-7(12)6-9(10)13/h5-6H,2-4,13H2,1H3. The summed E-state index contributed by atoms with van der Waals surface area (Å²) in [4.78, 5) is 0. The highest BCUT2D eigenvalue weighted by atomic mass is 79.9. The lowest BCUT2D eigenvalue weighted by Crippen LogP contribution is -2.08. The summed E-state index contributed by atoms with van der Waals surface area (Å²) in [6.45, 7) is 3.42. The predicted octanol–water partition coefficient (Wildman–Crippen LogP) is 2.59. The van der Waals surface area contributed by atoms with Gasteiger partial charge in [0, 0.05) is 12.7 Å². The Kier molecular flexibility index (Phi) is 4.84. The Hall–Kier alpha value is -0.810. The number of hydrogen-bond acceptors (Lipinski definition) is 3. The zero-order valence-corrected chi connectivity index (χ0v) is 10.0. The summed E-state index contributed by atoms with van der Waals surface area (Å²) in [5, 5.41) is 0. The molecule has 3 nitrogen and oxygen atoms in total. The highest BCUT2D eigenvalue weighted by molar-refractivity contribution is 9.10.